The van der Waals surface area contributed by atoms with Crippen LogP contribution in [0.4, 0.5) is 0 Å². The number of aromatic nitrogens is 1. The lowest BCUT2D eigenvalue weighted by Crippen LogP contribution is -2.38. The monoisotopic (exact) mass is 340 g/mol. The highest BCUT2D eigenvalue weighted by molar-refractivity contribution is 7.21. The fourth-order valence-electron chi connectivity index (χ4n) is 2.45. The number of para-hydroxylation sites is 1. The van der Waals surface area contributed by atoms with Crippen LogP contribution in [0.5, 0.6) is 0 Å². The number of fused-ring (bicyclic) bond motifs is 1. The van der Waals surface area contributed by atoms with Gasteiger partial charge in [0.15, 0.2) is 16.7 Å². The Kier molecular flexibility index (Phi) is 4.21. The molecule has 124 valence electrons. The summed E-state index contributed by atoms with van der Waals surface area (Å²) in [5, 5.41) is 7.58. The SMILES string of the molecule is CCNC(=NCc1ccc(-c2nc3ccccc3s2)o1)NC1CC1. The molecule has 1 fully saturated rings. The second-order valence-corrected chi connectivity index (χ2v) is 6.90. The molecular weight excluding hydrogens is 320 g/mol. The molecule has 3 aromatic rings. The van der Waals surface area contributed by atoms with Crippen molar-refractivity contribution in [1.29, 1.82) is 0 Å². The number of nitrogens with zero attached hydrogens (tertiary/aromatic N) is 2. The van der Waals surface area contributed by atoms with Gasteiger partial charge in [0.1, 0.15) is 12.3 Å². The van der Waals surface area contributed by atoms with Crippen LogP contribution in [0.1, 0.15) is 25.5 Å². The van der Waals surface area contributed by atoms with Crippen LogP contribution < -0.4 is 10.6 Å². The van der Waals surface area contributed by atoms with E-state index in [1.54, 1.807) is 11.3 Å². The predicted octanol–water partition coefficient (Wildman–Crippen LogP) is 3.77. The van der Waals surface area contributed by atoms with E-state index in [-0.39, 0.29) is 0 Å². The summed E-state index contributed by atoms with van der Waals surface area (Å²) in [5.74, 6) is 2.51. The first kappa shape index (κ1) is 15.2. The molecule has 0 amide bonds. The van der Waals surface area contributed by atoms with Gasteiger partial charge in [-0.3, -0.25) is 0 Å². The van der Waals surface area contributed by atoms with Crippen LogP contribution in [0.3, 0.4) is 0 Å². The van der Waals surface area contributed by atoms with Crippen molar-refractivity contribution in [1.82, 2.24) is 15.6 Å². The Morgan fingerprint density at radius 3 is 2.96 bits per heavy atom. The molecule has 1 aromatic carbocycles. The minimum absolute atomic E-state index is 0.521. The van der Waals surface area contributed by atoms with E-state index in [1.807, 2.05) is 30.3 Å². The summed E-state index contributed by atoms with van der Waals surface area (Å²) in [4.78, 5) is 9.23. The smallest absolute Gasteiger partial charge is 0.191 e. The number of guanidine groups is 1. The van der Waals surface area contributed by atoms with Crippen LogP contribution in [-0.4, -0.2) is 23.5 Å². The number of nitrogens with one attached hydrogen (secondary N) is 2. The van der Waals surface area contributed by atoms with E-state index in [4.69, 9.17) is 4.42 Å². The Hall–Kier alpha value is -2.34. The summed E-state index contributed by atoms with van der Waals surface area (Å²) in [6, 6.07) is 12.7. The maximum Gasteiger partial charge on any atom is 0.191 e. The lowest BCUT2D eigenvalue weighted by molar-refractivity contribution is 0.524. The molecule has 1 aliphatic rings. The number of furan rings is 1. The molecule has 2 heterocycles. The Bertz CT molecular complexity index is 830. The van der Waals surface area contributed by atoms with E-state index in [0.29, 0.717) is 12.6 Å². The minimum Gasteiger partial charge on any atom is -0.457 e. The normalized spacial score (nSPS) is 15.0. The number of hydrogen-bond acceptors (Lipinski definition) is 4. The summed E-state index contributed by atoms with van der Waals surface area (Å²) < 4.78 is 7.11. The third kappa shape index (κ3) is 3.43. The largest absolute Gasteiger partial charge is 0.457 e. The molecule has 24 heavy (non-hydrogen) atoms. The average molecular weight is 340 g/mol. The maximum absolute atomic E-state index is 5.93. The van der Waals surface area contributed by atoms with Crippen LogP contribution in [-0.2, 0) is 6.54 Å². The van der Waals surface area contributed by atoms with Gasteiger partial charge >= 0.3 is 0 Å². The highest BCUT2D eigenvalue weighted by atomic mass is 32.1. The average Bonchev–Trinajstić information content (AvgIpc) is 3.12. The van der Waals surface area contributed by atoms with Crippen LogP contribution in [0.25, 0.3) is 21.0 Å². The molecule has 0 atom stereocenters. The Morgan fingerprint density at radius 1 is 1.29 bits per heavy atom. The maximum atomic E-state index is 5.93. The molecule has 2 aromatic heterocycles. The highest BCUT2D eigenvalue weighted by Crippen LogP contribution is 2.31. The quantitative estimate of drug-likeness (QED) is 0.548. The molecule has 6 heteroatoms. The molecule has 0 unspecified atom stereocenters. The van der Waals surface area contributed by atoms with E-state index in [9.17, 15) is 0 Å². The van der Waals surface area contributed by atoms with E-state index < -0.39 is 0 Å². The third-order valence-electron chi connectivity index (χ3n) is 3.82. The number of thiazole rings is 1. The van der Waals surface area contributed by atoms with Crippen LogP contribution >= 0.6 is 11.3 Å². The Labute approximate surface area is 144 Å². The van der Waals surface area contributed by atoms with Gasteiger partial charge in [0.2, 0.25) is 0 Å². The van der Waals surface area contributed by atoms with Gasteiger partial charge in [-0.25, -0.2) is 9.98 Å². The standard InChI is InChI=1S/C18H20N4OS/c1-2-19-18(21-12-7-8-12)20-11-13-9-10-15(23-13)17-22-14-5-3-4-6-16(14)24-17/h3-6,9-10,12H,2,7-8,11H2,1H3,(H2,19,20,21). The van der Waals surface area contributed by atoms with Gasteiger partial charge in [0, 0.05) is 12.6 Å². The van der Waals surface area contributed by atoms with Crippen molar-refractivity contribution in [3.05, 3.63) is 42.2 Å². The first-order chi connectivity index (χ1) is 11.8. The van der Waals surface area contributed by atoms with Gasteiger partial charge in [-0.05, 0) is 44.0 Å². The summed E-state index contributed by atoms with van der Waals surface area (Å²) in [5.41, 5.74) is 1.01. The first-order valence-corrected chi connectivity index (χ1v) is 9.13. The zero-order chi connectivity index (χ0) is 16.4. The Balaban J connectivity index is 1.49. The van der Waals surface area contributed by atoms with Crippen molar-refractivity contribution in [2.45, 2.75) is 32.4 Å². The van der Waals surface area contributed by atoms with Crippen molar-refractivity contribution < 1.29 is 4.42 Å². The van der Waals surface area contributed by atoms with E-state index in [1.165, 1.54) is 17.5 Å². The minimum atomic E-state index is 0.521. The molecule has 4 rings (SSSR count). The zero-order valence-electron chi connectivity index (χ0n) is 13.6. The summed E-state index contributed by atoms with van der Waals surface area (Å²) >= 11 is 1.65. The van der Waals surface area contributed by atoms with Gasteiger partial charge in [-0.15, -0.1) is 11.3 Å². The van der Waals surface area contributed by atoms with Gasteiger partial charge < -0.3 is 15.1 Å². The van der Waals surface area contributed by atoms with Crippen molar-refractivity contribution in [3.8, 4) is 10.8 Å². The van der Waals surface area contributed by atoms with Crippen molar-refractivity contribution >= 4 is 27.5 Å². The lowest BCUT2D eigenvalue weighted by atomic mass is 10.3. The van der Waals surface area contributed by atoms with Crippen LogP contribution in [0.15, 0.2) is 45.8 Å². The third-order valence-corrected chi connectivity index (χ3v) is 4.87. The second kappa shape index (κ2) is 6.65. The molecule has 0 saturated heterocycles. The first-order valence-electron chi connectivity index (χ1n) is 8.31. The molecule has 2 N–H and O–H groups in total. The number of rotatable bonds is 5. The number of aliphatic imine (C=N–C) groups is 1. The molecule has 1 saturated carbocycles. The van der Waals surface area contributed by atoms with Gasteiger partial charge in [-0.1, -0.05) is 12.1 Å². The zero-order valence-corrected chi connectivity index (χ0v) is 14.4. The van der Waals surface area contributed by atoms with E-state index in [0.717, 1.165) is 34.5 Å². The van der Waals surface area contributed by atoms with Crippen molar-refractivity contribution in [2.75, 3.05) is 6.54 Å². The summed E-state index contributed by atoms with van der Waals surface area (Å²) in [6.07, 6.45) is 2.46. The number of hydrogen-bond donors (Lipinski definition) is 2. The lowest BCUT2D eigenvalue weighted by Gasteiger charge is -2.09. The fraction of sp³-hybridized carbons (Fsp3) is 0.333. The number of benzene rings is 1. The predicted molar refractivity (Wildman–Crippen MR) is 98.3 cm³/mol. The molecule has 0 aliphatic heterocycles. The topological polar surface area (TPSA) is 62.5 Å². The van der Waals surface area contributed by atoms with Crippen LogP contribution in [0, 0.1) is 0 Å². The molecule has 0 bridgehead atoms. The fourth-order valence-corrected chi connectivity index (χ4v) is 3.38. The molecule has 0 spiro atoms. The molecular formula is C18H20N4OS. The highest BCUT2D eigenvalue weighted by Gasteiger charge is 2.22. The molecule has 5 nitrogen and oxygen atoms in total. The molecule has 1 aliphatic carbocycles. The van der Waals surface area contributed by atoms with Gasteiger partial charge in [0.25, 0.3) is 0 Å². The van der Waals surface area contributed by atoms with Gasteiger partial charge in [0.05, 0.1) is 10.2 Å². The second-order valence-electron chi connectivity index (χ2n) is 5.87. The summed E-state index contributed by atoms with van der Waals surface area (Å²) in [6.45, 7) is 3.45. The van der Waals surface area contributed by atoms with Crippen LogP contribution in [0.2, 0.25) is 0 Å². The van der Waals surface area contributed by atoms with Crippen molar-refractivity contribution in [2.24, 2.45) is 4.99 Å². The Morgan fingerprint density at radius 2 is 2.17 bits per heavy atom. The summed E-state index contributed by atoms with van der Waals surface area (Å²) in [7, 11) is 0. The van der Waals surface area contributed by atoms with Crippen molar-refractivity contribution in [3.63, 3.8) is 0 Å². The van der Waals surface area contributed by atoms with E-state index in [2.05, 4.69) is 33.6 Å². The molecule has 0 radical (unpaired) electrons. The van der Waals surface area contributed by atoms with Gasteiger partial charge in [-0.2, -0.15) is 0 Å². The van der Waals surface area contributed by atoms with E-state index >= 15 is 0 Å².